The van der Waals surface area contributed by atoms with E-state index in [0.717, 1.165) is 44.9 Å². The van der Waals surface area contributed by atoms with Crippen LogP contribution in [-0.4, -0.2) is 46.8 Å². The van der Waals surface area contributed by atoms with Gasteiger partial charge in [-0.2, -0.15) is 0 Å². The van der Waals surface area contributed by atoms with Crippen molar-refractivity contribution in [3.8, 4) is 0 Å². The zero-order valence-electron chi connectivity index (χ0n) is 19.1. The van der Waals surface area contributed by atoms with Crippen molar-refractivity contribution in [1.29, 1.82) is 0 Å². The molecule has 10 atom stereocenters. The Morgan fingerprint density at radius 2 is 1.62 bits per heavy atom. The summed E-state index contributed by atoms with van der Waals surface area (Å²) in [7, 11) is 1.73. The second kappa shape index (κ2) is 7.76. The van der Waals surface area contributed by atoms with Crippen LogP contribution in [0.3, 0.4) is 0 Å². The largest absolute Gasteiger partial charge is 0.393 e. The number of aliphatic hydroxyl groups excluding tert-OH is 2. The van der Waals surface area contributed by atoms with Gasteiger partial charge in [-0.05, 0) is 112 Å². The smallest absolute Gasteiger partial charge is 0.0654 e. The van der Waals surface area contributed by atoms with Crippen LogP contribution in [0.15, 0.2) is 0 Å². The van der Waals surface area contributed by atoms with Gasteiger partial charge in [0.25, 0.3) is 0 Å². The molecule has 4 rings (SSSR count). The Kier molecular flexibility index (Phi) is 5.90. The maximum Gasteiger partial charge on any atom is 0.0654 e. The van der Waals surface area contributed by atoms with Crippen LogP contribution in [0.2, 0.25) is 0 Å². The van der Waals surface area contributed by atoms with Crippen molar-refractivity contribution in [2.24, 2.45) is 40.4 Å². The predicted octanol–water partition coefficient (Wildman–Crippen LogP) is 4.15. The summed E-state index contributed by atoms with van der Waals surface area (Å²) >= 11 is 0. The Morgan fingerprint density at radius 1 is 0.931 bits per heavy atom. The van der Waals surface area contributed by atoms with Gasteiger partial charge in [-0.3, -0.25) is 0 Å². The third-order valence-corrected chi connectivity index (χ3v) is 10.4. The highest BCUT2D eigenvalue weighted by Gasteiger charge is 2.63. The summed E-state index contributed by atoms with van der Waals surface area (Å²) in [5.74, 6) is 2.44. The molecule has 3 N–H and O–H groups in total. The second-order valence-corrected chi connectivity index (χ2v) is 11.8. The fraction of sp³-hybridized carbons (Fsp3) is 1.00. The van der Waals surface area contributed by atoms with Crippen LogP contribution in [0.4, 0.5) is 0 Å². The van der Waals surface area contributed by atoms with Crippen molar-refractivity contribution in [3.05, 3.63) is 0 Å². The number of ether oxygens (including phenoxy) is 1. The third kappa shape index (κ3) is 3.50. The lowest BCUT2D eigenvalue weighted by atomic mass is 9.43. The summed E-state index contributed by atoms with van der Waals surface area (Å²) in [6.45, 7) is 7.63. The quantitative estimate of drug-likeness (QED) is 0.598. The first kappa shape index (κ1) is 22.0. The first-order valence-corrected chi connectivity index (χ1v) is 12.2. The molecule has 4 aliphatic carbocycles. The van der Waals surface area contributed by atoms with Gasteiger partial charge in [0, 0.05) is 13.7 Å². The van der Waals surface area contributed by atoms with Crippen LogP contribution >= 0.6 is 0 Å². The van der Waals surface area contributed by atoms with Gasteiger partial charge in [0.15, 0.2) is 0 Å². The fourth-order valence-corrected chi connectivity index (χ4v) is 9.05. The molecule has 0 aliphatic heterocycles. The van der Waals surface area contributed by atoms with Crippen LogP contribution in [0.5, 0.6) is 0 Å². The molecule has 4 heteroatoms. The first-order chi connectivity index (χ1) is 13.6. The summed E-state index contributed by atoms with van der Waals surface area (Å²) in [4.78, 5) is 0. The minimum atomic E-state index is -0.635. The number of hydrogen-bond donors (Lipinski definition) is 3. The van der Waals surface area contributed by atoms with Gasteiger partial charge in [0.05, 0.1) is 17.8 Å². The third-order valence-electron chi connectivity index (χ3n) is 10.4. The van der Waals surface area contributed by atoms with Gasteiger partial charge in [-0.25, -0.2) is 0 Å². The van der Waals surface area contributed by atoms with Crippen LogP contribution in [0.25, 0.3) is 0 Å². The van der Waals surface area contributed by atoms with E-state index in [0.29, 0.717) is 30.3 Å². The van der Waals surface area contributed by atoms with Crippen LogP contribution in [0, 0.1) is 40.4 Å². The fourth-order valence-electron chi connectivity index (χ4n) is 9.05. The molecule has 0 aromatic rings. The van der Waals surface area contributed by atoms with Gasteiger partial charge in [0.2, 0.25) is 0 Å². The van der Waals surface area contributed by atoms with Crippen LogP contribution in [0.1, 0.15) is 85.0 Å². The van der Waals surface area contributed by atoms with Crippen LogP contribution in [-0.2, 0) is 4.74 Å². The Hall–Kier alpha value is -0.160. The molecule has 4 nitrogen and oxygen atoms in total. The molecule has 0 aromatic carbocycles. The Balaban J connectivity index is 1.55. The van der Waals surface area contributed by atoms with E-state index in [9.17, 15) is 15.3 Å². The van der Waals surface area contributed by atoms with Gasteiger partial charge < -0.3 is 20.1 Å². The monoisotopic (exact) mass is 408 g/mol. The molecule has 0 aromatic heterocycles. The lowest BCUT2D eigenvalue weighted by molar-refractivity contribution is -0.179. The Bertz CT molecular complexity index is 591. The zero-order valence-corrected chi connectivity index (χ0v) is 19.1. The first-order valence-electron chi connectivity index (χ1n) is 12.2. The molecule has 0 saturated heterocycles. The summed E-state index contributed by atoms with van der Waals surface area (Å²) < 4.78 is 5.23. The van der Waals surface area contributed by atoms with Gasteiger partial charge >= 0.3 is 0 Å². The van der Waals surface area contributed by atoms with E-state index in [1.165, 1.54) is 19.3 Å². The molecule has 4 aliphatic rings. The molecule has 0 heterocycles. The van der Waals surface area contributed by atoms with E-state index < -0.39 is 5.60 Å². The normalized spacial score (nSPS) is 51.6. The van der Waals surface area contributed by atoms with Crippen molar-refractivity contribution < 1.29 is 20.1 Å². The maximum absolute atomic E-state index is 11.4. The average molecular weight is 409 g/mol. The second-order valence-electron chi connectivity index (χ2n) is 11.8. The SMILES string of the molecule is COCCC[C@](C)(O)[C@H]1CCC2[C@@H]3C[C@H](O)[C@H]4CC(O)CCC4(C)C3CC[C@@]21C. The maximum atomic E-state index is 11.4. The summed E-state index contributed by atoms with van der Waals surface area (Å²) in [6.07, 6.45) is 9.55. The minimum absolute atomic E-state index is 0.169. The molecule has 4 saturated carbocycles. The Labute approximate surface area is 177 Å². The molecule has 4 unspecified atom stereocenters. The van der Waals surface area contributed by atoms with E-state index in [4.69, 9.17) is 4.74 Å². The highest BCUT2D eigenvalue weighted by molar-refractivity contribution is 5.13. The standard InChI is InChI=1S/C25H44O4/c1-23-11-8-16(26)14-20(23)21(27)15-17-18-6-7-22(24(18,2)12-9-19(17)23)25(3,28)10-5-13-29-4/h16-22,26-28H,5-15H2,1-4H3/t16?,17-,18?,19?,20+,21-,22-,23?,24-,25-/m0/s1. The highest BCUT2D eigenvalue weighted by atomic mass is 16.5. The minimum Gasteiger partial charge on any atom is -0.393 e. The summed E-state index contributed by atoms with van der Waals surface area (Å²) in [5, 5.41) is 32.8. The van der Waals surface area contributed by atoms with Crippen molar-refractivity contribution in [1.82, 2.24) is 0 Å². The number of fused-ring (bicyclic) bond motifs is 5. The summed E-state index contributed by atoms with van der Waals surface area (Å²) in [6, 6.07) is 0. The van der Waals surface area contributed by atoms with E-state index in [1.807, 2.05) is 0 Å². The lowest BCUT2D eigenvalue weighted by Gasteiger charge is -2.62. The molecule has 168 valence electrons. The summed E-state index contributed by atoms with van der Waals surface area (Å²) in [5.41, 5.74) is -0.291. The van der Waals surface area contributed by atoms with E-state index in [2.05, 4.69) is 20.8 Å². The number of aliphatic hydroxyl groups is 3. The van der Waals surface area contributed by atoms with Gasteiger partial charge in [-0.1, -0.05) is 13.8 Å². The van der Waals surface area contributed by atoms with Crippen molar-refractivity contribution in [2.45, 2.75) is 103 Å². The molecule has 29 heavy (non-hydrogen) atoms. The average Bonchev–Trinajstić information content (AvgIpc) is 3.02. The lowest BCUT2D eigenvalue weighted by Crippen LogP contribution is -2.59. The van der Waals surface area contributed by atoms with Crippen LogP contribution < -0.4 is 0 Å². The van der Waals surface area contributed by atoms with E-state index >= 15 is 0 Å². The number of rotatable bonds is 5. The number of hydrogen-bond acceptors (Lipinski definition) is 4. The molecular formula is C25H44O4. The Morgan fingerprint density at radius 3 is 2.34 bits per heavy atom. The van der Waals surface area contributed by atoms with Gasteiger partial charge in [0.1, 0.15) is 0 Å². The van der Waals surface area contributed by atoms with Crippen molar-refractivity contribution in [3.63, 3.8) is 0 Å². The van der Waals surface area contributed by atoms with Crippen molar-refractivity contribution in [2.75, 3.05) is 13.7 Å². The predicted molar refractivity (Wildman–Crippen MR) is 114 cm³/mol. The topological polar surface area (TPSA) is 69.9 Å². The van der Waals surface area contributed by atoms with E-state index in [-0.39, 0.29) is 29.0 Å². The zero-order chi connectivity index (χ0) is 21.0. The molecule has 0 radical (unpaired) electrons. The molecular weight excluding hydrogens is 364 g/mol. The highest BCUT2D eigenvalue weighted by Crippen LogP contribution is 2.68. The van der Waals surface area contributed by atoms with E-state index in [1.54, 1.807) is 7.11 Å². The molecule has 0 amide bonds. The van der Waals surface area contributed by atoms with Gasteiger partial charge in [-0.15, -0.1) is 0 Å². The molecule has 0 spiro atoms. The molecule has 0 bridgehead atoms. The number of methoxy groups -OCH3 is 1. The molecule has 4 fully saturated rings. The van der Waals surface area contributed by atoms with Crippen molar-refractivity contribution >= 4 is 0 Å².